The maximum Gasteiger partial charge on any atom is 0.251 e. The van der Waals surface area contributed by atoms with E-state index in [-0.39, 0.29) is 18.2 Å². The molecule has 22 heavy (non-hydrogen) atoms. The molecule has 2 N–H and O–H groups in total. The second kappa shape index (κ2) is 6.22. The number of hydrogen-bond donors (Lipinski definition) is 2. The fourth-order valence-electron chi connectivity index (χ4n) is 2.25. The molecule has 2 aromatic carbocycles. The summed E-state index contributed by atoms with van der Waals surface area (Å²) in [7, 11) is 0. The molecule has 0 saturated carbocycles. The minimum absolute atomic E-state index is 0.0241. The number of carbonyl (C=O) groups is 2. The number of fused-ring (bicyclic) bond motifs is 1. The molecule has 1 aromatic heterocycles. The zero-order valence-corrected chi connectivity index (χ0v) is 11.9. The zero-order chi connectivity index (χ0) is 15.4. The highest BCUT2D eigenvalue weighted by atomic mass is 16.2. The fourth-order valence-corrected chi connectivity index (χ4v) is 2.25. The summed E-state index contributed by atoms with van der Waals surface area (Å²) < 4.78 is 0. The van der Waals surface area contributed by atoms with Crippen molar-refractivity contribution >= 4 is 22.6 Å². The summed E-state index contributed by atoms with van der Waals surface area (Å²) in [6, 6.07) is 14.7. The molecule has 5 nitrogen and oxygen atoms in total. The van der Waals surface area contributed by atoms with Crippen molar-refractivity contribution in [3.05, 3.63) is 65.9 Å². The van der Waals surface area contributed by atoms with E-state index >= 15 is 0 Å². The number of aromatic amines is 1. The molecule has 0 fully saturated rings. The Morgan fingerprint density at radius 3 is 2.73 bits per heavy atom. The lowest BCUT2D eigenvalue weighted by Crippen LogP contribution is -2.30. The zero-order valence-electron chi connectivity index (χ0n) is 11.9. The molecule has 0 aliphatic heterocycles. The van der Waals surface area contributed by atoms with Crippen LogP contribution in [0.4, 0.5) is 0 Å². The topological polar surface area (TPSA) is 74.8 Å². The van der Waals surface area contributed by atoms with Crippen LogP contribution in [0, 0.1) is 0 Å². The van der Waals surface area contributed by atoms with Gasteiger partial charge in [0.05, 0.1) is 18.3 Å². The third-order valence-corrected chi connectivity index (χ3v) is 3.39. The summed E-state index contributed by atoms with van der Waals surface area (Å²) in [5.74, 6) is -0.284. The number of Topliss-reactive ketones (excluding diaryl/α,β-unsaturated/α-hetero) is 1. The van der Waals surface area contributed by atoms with Crippen LogP contribution in [0.3, 0.4) is 0 Å². The van der Waals surface area contributed by atoms with E-state index in [1.807, 2.05) is 30.3 Å². The van der Waals surface area contributed by atoms with Crippen molar-refractivity contribution in [3.63, 3.8) is 0 Å². The van der Waals surface area contributed by atoms with Gasteiger partial charge in [0, 0.05) is 17.4 Å². The van der Waals surface area contributed by atoms with Crippen LogP contribution in [0.1, 0.15) is 15.9 Å². The van der Waals surface area contributed by atoms with Gasteiger partial charge in [-0.25, -0.2) is 0 Å². The monoisotopic (exact) mass is 293 g/mol. The Bertz CT molecular complexity index is 809. The molecule has 0 atom stereocenters. The number of carbonyl (C=O) groups excluding carboxylic acids is 2. The predicted molar refractivity (Wildman–Crippen MR) is 83.6 cm³/mol. The fraction of sp³-hybridized carbons (Fsp3) is 0.118. The van der Waals surface area contributed by atoms with Gasteiger partial charge in [0.15, 0.2) is 5.78 Å². The lowest BCUT2D eigenvalue weighted by Gasteiger charge is -2.05. The van der Waals surface area contributed by atoms with Crippen molar-refractivity contribution in [1.82, 2.24) is 15.5 Å². The predicted octanol–water partition coefficient (Wildman–Crippen LogP) is 2.10. The number of nitrogens with one attached hydrogen (secondary N) is 2. The van der Waals surface area contributed by atoms with Crippen LogP contribution < -0.4 is 5.32 Å². The molecule has 1 amide bonds. The Morgan fingerprint density at radius 2 is 1.91 bits per heavy atom. The second-order valence-corrected chi connectivity index (χ2v) is 5.06. The van der Waals surface area contributed by atoms with Gasteiger partial charge in [-0.3, -0.25) is 14.7 Å². The molecule has 3 rings (SSSR count). The van der Waals surface area contributed by atoms with Crippen LogP contribution in [0.15, 0.2) is 54.7 Å². The van der Waals surface area contributed by atoms with Gasteiger partial charge in [0.2, 0.25) is 0 Å². The SMILES string of the molecule is O=C(CNC(=O)c1ccc2[nH]ncc2c1)Cc1ccccc1. The van der Waals surface area contributed by atoms with Crippen LogP contribution in [0.25, 0.3) is 10.9 Å². The first-order valence-electron chi connectivity index (χ1n) is 6.99. The van der Waals surface area contributed by atoms with Gasteiger partial charge >= 0.3 is 0 Å². The molecule has 0 saturated heterocycles. The Labute approximate surface area is 127 Å². The molecule has 0 unspecified atom stereocenters. The third kappa shape index (κ3) is 3.20. The maximum absolute atomic E-state index is 12.1. The summed E-state index contributed by atoms with van der Waals surface area (Å²) >= 11 is 0. The average Bonchev–Trinajstić information content (AvgIpc) is 3.01. The van der Waals surface area contributed by atoms with Gasteiger partial charge in [-0.2, -0.15) is 5.10 Å². The van der Waals surface area contributed by atoms with Crippen molar-refractivity contribution in [2.45, 2.75) is 6.42 Å². The van der Waals surface area contributed by atoms with Crippen LogP contribution in [0.5, 0.6) is 0 Å². The molecule has 0 bridgehead atoms. The van der Waals surface area contributed by atoms with Gasteiger partial charge in [-0.05, 0) is 23.8 Å². The van der Waals surface area contributed by atoms with E-state index in [1.165, 1.54) is 0 Å². The molecular weight excluding hydrogens is 278 g/mol. The molecule has 0 radical (unpaired) electrons. The van der Waals surface area contributed by atoms with Crippen molar-refractivity contribution in [3.8, 4) is 0 Å². The maximum atomic E-state index is 12.1. The first kappa shape index (κ1) is 14.0. The van der Waals surface area contributed by atoms with Crippen LogP contribution in [0.2, 0.25) is 0 Å². The summed E-state index contributed by atoms with van der Waals surface area (Å²) in [6.07, 6.45) is 1.98. The van der Waals surface area contributed by atoms with Crippen LogP contribution >= 0.6 is 0 Å². The quantitative estimate of drug-likeness (QED) is 0.756. The van der Waals surface area contributed by atoms with Gasteiger partial charge in [0.25, 0.3) is 5.91 Å². The molecule has 0 spiro atoms. The van der Waals surface area contributed by atoms with E-state index in [0.717, 1.165) is 16.5 Å². The lowest BCUT2D eigenvalue weighted by molar-refractivity contribution is -0.117. The van der Waals surface area contributed by atoms with E-state index in [0.29, 0.717) is 12.0 Å². The molecular formula is C17H15N3O2. The molecule has 0 aliphatic rings. The van der Waals surface area contributed by atoms with Crippen LogP contribution in [-0.2, 0) is 11.2 Å². The van der Waals surface area contributed by atoms with Crippen molar-refractivity contribution < 1.29 is 9.59 Å². The first-order valence-corrected chi connectivity index (χ1v) is 6.99. The summed E-state index contributed by atoms with van der Waals surface area (Å²) in [4.78, 5) is 24.0. The van der Waals surface area contributed by atoms with Crippen molar-refractivity contribution in [2.24, 2.45) is 0 Å². The normalized spacial score (nSPS) is 10.5. The number of hydrogen-bond acceptors (Lipinski definition) is 3. The number of nitrogens with zero attached hydrogens (tertiary/aromatic N) is 1. The summed E-state index contributed by atoms with van der Waals surface area (Å²) in [6.45, 7) is 0.0250. The molecule has 110 valence electrons. The number of benzene rings is 2. The number of rotatable bonds is 5. The second-order valence-electron chi connectivity index (χ2n) is 5.06. The van der Waals surface area contributed by atoms with E-state index in [1.54, 1.807) is 24.4 Å². The van der Waals surface area contributed by atoms with Gasteiger partial charge in [-0.15, -0.1) is 0 Å². The van der Waals surface area contributed by atoms with E-state index in [2.05, 4.69) is 15.5 Å². The van der Waals surface area contributed by atoms with E-state index < -0.39 is 0 Å². The van der Waals surface area contributed by atoms with E-state index in [4.69, 9.17) is 0 Å². The van der Waals surface area contributed by atoms with E-state index in [9.17, 15) is 9.59 Å². The standard InChI is InChI=1S/C17H15N3O2/c21-15(8-12-4-2-1-3-5-12)11-18-17(22)13-6-7-16-14(9-13)10-19-20-16/h1-7,9-10H,8,11H2,(H,18,22)(H,19,20). The summed E-state index contributed by atoms with van der Waals surface area (Å²) in [5.41, 5.74) is 2.33. The third-order valence-electron chi connectivity index (χ3n) is 3.39. The minimum atomic E-state index is -0.260. The molecule has 3 aromatic rings. The number of amides is 1. The number of ketones is 1. The highest BCUT2D eigenvalue weighted by Crippen LogP contribution is 2.12. The van der Waals surface area contributed by atoms with Gasteiger partial charge < -0.3 is 5.32 Å². The molecule has 5 heteroatoms. The Morgan fingerprint density at radius 1 is 1.09 bits per heavy atom. The highest BCUT2D eigenvalue weighted by Gasteiger charge is 2.09. The Hall–Kier alpha value is -2.95. The lowest BCUT2D eigenvalue weighted by atomic mass is 10.1. The molecule has 1 heterocycles. The average molecular weight is 293 g/mol. The van der Waals surface area contributed by atoms with Gasteiger partial charge in [0.1, 0.15) is 0 Å². The molecule has 0 aliphatic carbocycles. The van der Waals surface area contributed by atoms with Gasteiger partial charge in [-0.1, -0.05) is 30.3 Å². The smallest absolute Gasteiger partial charge is 0.251 e. The largest absolute Gasteiger partial charge is 0.345 e. The van der Waals surface area contributed by atoms with Crippen LogP contribution in [-0.4, -0.2) is 28.4 Å². The highest BCUT2D eigenvalue weighted by molar-refractivity contribution is 5.99. The Kier molecular flexibility index (Phi) is 3.96. The summed E-state index contributed by atoms with van der Waals surface area (Å²) in [5, 5.41) is 10.3. The van der Waals surface area contributed by atoms with Crippen molar-refractivity contribution in [2.75, 3.05) is 6.54 Å². The Balaban J connectivity index is 1.58. The minimum Gasteiger partial charge on any atom is -0.345 e. The first-order chi connectivity index (χ1) is 10.7. The number of H-pyrrole nitrogens is 1. The number of aromatic nitrogens is 2. The van der Waals surface area contributed by atoms with Crippen molar-refractivity contribution in [1.29, 1.82) is 0 Å².